The first-order valence-corrected chi connectivity index (χ1v) is 10.5. The second-order valence-electron chi connectivity index (χ2n) is 6.95. The van der Waals surface area contributed by atoms with Crippen LogP contribution in [-0.4, -0.2) is 28.9 Å². The van der Waals surface area contributed by atoms with Crippen molar-refractivity contribution in [3.63, 3.8) is 0 Å². The average molecular weight is 424 g/mol. The fourth-order valence-electron chi connectivity index (χ4n) is 3.05. The second-order valence-corrected chi connectivity index (χ2v) is 6.95. The lowest BCUT2D eigenvalue weighted by molar-refractivity contribution is -0.116. The summed E-state index contributed by atoms with van der Waals surface area (Å²) < 4.78 is 18.9. The fraction of sp³-hybridized carbons (Fsp3) is 0.333. The van der Waals surface area contributed by atoms with Crippen molar-refractivity contribution in [3.8, 4) is 17.2 Å². The van der Waals surface area contributed by atoms with Crippen LogP contribution >= 0.6 is 0 Å². The van der Waals surface area contributed by atoms with Gasteiger partial charge in [0.2, 0.25) is 5.91 Å². The molecule has 0 aliphatic heterocycles. The van der Waals surface area contributed by atoms with Crippen molar-refractivity contribution in [1.29, 1.82) is 0 Å². The van der Waals surface area contributed by atoms with Crippen molar-refractivity contribution in [2.24, 2.45) is 0 Å². The lowest BCUT2D eigenvalue weighted by Gasteiger charge is -2.13. The van der Waals surface area contributed by atoms with E-state index in [-0.39, 0.29) is 5.91 Å². The molecule has 0 aliphatic carbocycles. The molecule has 1 aromatic heterocycles. The molecule has 0 fully saturated rings. The monoisotopic (exact) mass is 423 g/mol. The molecule has 1 N–H and O–H groups in total. The van der Waals surface area contributed by atoms with E-state index in [2.05, 4.69) is 10.4 Å². The smallest absolute Gasteiger partial charge is 0.226 e. The van der Waals surface area contributed by atoms with Crippen LogP contribution in [0.2, 0.25) is 0 Å². The Kier molecular flexibility index (Phi) is 7.92. The fourth-order valence-corrected chi connectivity index (χ4v) is 3.05. The van der Waals surface area contributed by atoms with Gasteiger partial charge in [0.1, 0.15) is 12.4 Å². The summed E-state index contributed by atoms with van der Waals surface area (Å²) >= 11 is 0. The van der Waals surface area contributed by atoms with E-state index in [1.54, 1.807) is 6.20 Å². The topological polar surface area (TPSA) is 74.6 Å². The molecule has 0 saturated carbocycles. The number of anilines is 1. The molecule has 1 heterocycles. The molecular formula is C24H29N3O4. The van der Waals surface area contributed by atoms with Gasteiger partial charge in [0.05, 0.1) is 13.2 Å². The Morgan fingerprint density at radius 1 is 0.968 bits per heavy atom. The highest BCUT2D eigenvalue weighted by molar-refractivity contribution is 5.90. The lowest BCUT2D eigenvalue weighted by Crippen LogP contribution is -2.15. The summed E-state index contributed by atoms with van der Waals surface area (Å²) in [6.45, 7) is 7.96. The predicted octanol–water partition coefficient (Wildman–Crippen LogP) is 4.60. The van der Waals surface area contributed by atoms with Crippen LogP contribution in [0, 0.1) is 6.92 Å². The lowest BCUT2D eigenvalue weighted by atomic mass is 10.2. The number of rotatable bonds is 11. The Bertz CT molecular complexity index is 983. The molecule has 0 spiro atoms. The number of carbonyl (C=O) groups is 1. The summed E-state index contributed by atoms with van der Waals surface area (Å²) in [6, 6.07) is 15.1. The third-order valence-corrected chi connectivity index (χ3v) is 4.63. The van der Waals surface area contributed by atoms with Crippen molar-refractivity contribution >= 4 is 11.6 Å². The van der Waals surface area contributed by atoms with Crippen LogP contribution in [0.15, 0.2) is 54.7 Å². The van der Waals surface area contributed by atoms with Gasteiger partial charge in [-0.15, -0.1) is 0 Å². The predicted molar refractivity (Wildman–Crippen MR) is 120 cm³/mol. The molecule has 3 aromatic rings. The van der Waals surface area contributed by atoms with Gasteiger partial charge in [-0.2, -0.15) is 5.10 Å². The Morgan fingerprint density at radius 2 is 1.71 bits per heavy atom. The van der Waals surface area contributed by atoms with Gasteiger partial charge in [0.15, 0.2) is 11.5 Å². The van der Waals surface area contributed by atoms with Crippen molar-refractivity contribution in [3.05, 3.63) is 66.0 Å². The van der Waals surface area contributed by atoms with E-state index in [9.17, 15) is 4.79 Å². The van der Waals surface area contributed by atoms with Crippen LogP contribution in [0.5, 0.6) is 17.2 Å². The van der Waals surface area contributed by atoms with Crippen LogP contribution in [-0.2, 0) is 17.9 Å². The van der Waals surface area contributed by atoms with E-state index in [1.807, 2.05) is 74.0 Å². The van der Waals surface area contributed by atoms with Gasteiger partial charge < -0.3 is 19.5 Å². The third kappa shape index (κ3) is 6.50. The number of ether oxygens (including phenoxy) is 3. The summed E-state index contributed by atoms with van der Waals surface area (Å²) in [6.07, 6.45) is 2.09. The minimum Gasteiger partial charge on any atom is -0.490 e. The highest BCUT2D eigenvalue weighted by atomic mass is 16.5. The number of benzene rings is 2. The number of carbonyl (C=O) groups excluding carboxylic acids is 1. The molecule has 0 bridgehead atoms. The van der Waals surface area contributed by atoms with Gasteiger partial charge in [-0.05, 0) is 68.8 Å². The van der Waals surface area contributed by atoms with E-state index in [0.717, 1.165) is 28.4 Å². The maximum Gasteiger partial charge on any atom is 0.226 e. The van der Waals surface area contributed by atoms with E-state index in [4.69, 9.17) is 14.2 Å². The molecular weight excluding hydrogens is 394 g/mol. The average Bonchev–Trinajstić information content (AvgIpc) is 3.18. The number of aromatic nitrogens is 2. The Hall–Kier alpha value is -3.48. The zero-order chi connectivity index (χ0) is 22.1. The summed E-state index contributed by atoms with van der Waals surface area (Å²) in [5.74, 6) is 2.11. The van der Waals surface area contributed by atoms with Gasteiger partial charge in [0.25, 0.3) is 0 Å². The minimum absolute atomic E-state index is 0.0543. The molecule has 164 valence electrons. The number of nitrogens with one attached hydrogen (secondary N) is 1. The van der Waals surface area contributed by atoms with Gasteiger partial charge in [-0.1, -0.05) is 6.07 Å². The van der Waals surface area contributed by atoms with Crippen LogP contribution in [0.25, 0.3) is 0 Å². The van der Waals surface area contributed by atoms with Crippen molar-refractivity contribution in [2.45, 2.75) is 40.3 Å². The maximum absolute atomic E-state index is 12.2. The number of nitrogens with zero attached hydrogens (tertiary/aromatic N) is 2. The SMILES string of the molecule is CCOc1ccc(COc2ccc(NC(=O)CCn3nccc3C)cc2)cc1OCC. The van der Waals surface area contributed by atoms with Gasteiger partial charge >= 0.3 is 0 Å². The quantitative estimate of drug-likeness (QED) is 0.488. The van der Waals surface area contributed by atoms with E-state index in [1.165, 1.54) is 0 Å². The molecule has 0 saturated heterocycles. The van der Waals surface area contributed by atoms with Gasteiger partial charge in [0, 0.05) is 30.5 Å². The third-order valence-electron chi connectivity index (χ3n) is 4.63. The van der Waals surface area contributed by atoms with Crippen LogP contribution in [0.1, 0.15) is 31.5 Å². The molecule has 0 aliphatic rings. The Balaban J connectivity index is 1.50. The summed E-state index contributed by atoms with van der Waals surface area (Å²) in [4.78, 5) is 12.2. The molecule has 7 heteroatoms. The van der Waals surface area contributed by atoms with Crippen molar-refractivity contribution < 1.29 is 19.0 Å². The van der Waals surface area contributed by atoms with E-state index in [0.29, 0.717) is 38.5 Å². The number of hydrogen-bond acceptors (Lipinski definition) is 5. The Morgan fingerprint density at radius 3 is 2.39 bits per heavy atom. The van der Waals surface area contributed by atoms with Gasteiger partial charge in [-0.3, -0.25) is 9.48 Å². The first kappa shape index (κ1) is 22.2. The molecule has 0 unspecified atom stereocenters. The first-order valence-electron chi connectivity index (χ1n) is 10.5. The van der Waals surface area contributed by atoms with Crippen LogP contribution in [0.4, 0.5) is 5.69 Å². The summed E-state index contributed by atoms with van der Waals surface area (Å²) in [5, 5.41) is 7.09. The zero-order valence-corrected chi connectivity index (χ0v) is 18.3. The molecule has 0 atom stereocenters. The van der Waals surface area contributed by atoms with Crippen molar-refractivity contribution in [2.75, 3.05) is 18.5 Å². The molecule has 2 aromatic carbocycles. The van der Waals surface area contributed by atoms with E-state index >= 15 is 0 Å². The summed E-state index contributed by atoms with van der Waals surface area (Å²) in [5.41, 5.74) is 2.75. The Labute approximate surface area is 182 Å². The highest BCUT2D eigenvalue weighted by Crippen LogP contribution is 2.29. The van der Waals surface area contributed by atoms with Gasteiger partial charge in [-0.25, -0.2) is 0 Å². The van der Waals surface area contributed by atoms with Crippen molar-refractivity contribution in [1.82, 2.24) is 9.78 Å². The largest absolute Gasteiger partial charge is 0.490 e. The first-order chi connectivity index (χ1) is 15.1. The molecule has 3 rings (SSSR count). The van der Waals surface area contributed by atoms with Crippen LogP contribution < -0.4 is 19.5 Å². The number of hydrogen-bond donors (Lipinski definition) is 1. The summed E-state index contributed by atoms with van der Waals surface area (Å²) in [7, 11) is 0. The minimum atomic E-state index is -0.0543. The normalized spacial score (nSPS) is 10.5. The molecule has 1 amide bonds. The molecule has 0 radical (unpaired) electrons. The number of aryl methyl sites for hydroxylation is 2. The van der Waals surface area contributed by atoms with Crippen LogP contribution in [0.3, 0.4) is 0 Å². The molecule has 31 heavy (non-hydrogen) atoms. The second kappa shape index (κ2) is 11.1. The highest BCUT2D eigenvalue weighted by Gasteiger charge is 2.08. The maximum atomic E-state index is 12.2. The standard InChI is InChI=1S/C24H29N3O4/c1-4-29-22-11-6-19(16-23(22)30-5-2)17-31-21-9-7-20(8-10-21)26-24(28)13-15-27-18(3)12-14-25-27/h6-12,14,16H,4-5,13,15,17H2,1-3H3,(H,26,28). The van der Waals surface area contributed by atoms with E-state index < -0.39 is 0 Å². The molecule has 7 nitrogen and oxygen atoms in total. The zero-order valence-electron chi connectivity index (χ0n) is 18.3. The number of amides is 1.